The molecule has 1 heterocycles. The third-order valence-corrected chi connectivity index (χ3v) is 5.26. The van der Waals surface area contributed by atoms with Crippen LogP contribution in [0.5, 0.6) is 0 Å². The number of nitrogens with zero attached hydrogens (tertiary/aromatic N) is 2. The Hall–Kier alpha value is -1.06. The average molecular weight is 302 g/mol. The van der Waals surface area contributed by atoms with Gasteiger partial charge in [-0.15, -0.1) is 0 Å². The molecule has 1 unspecified atom stereocenters. The van der Waals surface area contributed by atoms with Crippen molar-refractivity contribution < 1.29 is 5.11 Å². The van der Waals surface area contributed by atoms with Crippen LogP contribution in [0, 0.1) is 5.92 Å². The molecule has 1 aromatic carbocycles. The fourth-order valence-electron chi connectivity index (χ4n) is 4.05. The summed E-state index contributed by atoms with van der Waals surface area (Å²) in [5.41, 5.74) is 1.33. The van der Waals surface area contributed by atoms with Crippen molar-refractivity contribution in [3.05, 3.63) is 30.3 Å². The molecule has 1 N–H and O–H groups in total. The molecule has 1 aliphatic carbocycles. The van der Waals surface area contributed by atoms with Crippen LogP contribution in [-0.2, 0) is 0 Å². The summed E-state index contributed by atoms with van der Waals surface area (Å²) in [6.07, 6.45) is 7.47. The molecule has 1 aromatic rings. The third-order valence-electron chi connectivity index (χ3n) is 5.26. The monoisotopic (exact) mass is 302 g/mol. The molecular formula is C19H30N2O. The summed E-state index contributed by atoms with van der Waals surface area (Å²) in [6.45, 7) is 5.24. The molecule has 0 aromatic heterocycles. The summed E-state index contributed by atoms with van der Waals surface area (Å²) in [7, 11) is 0. The Labute approximate surface area is 134 Å². The zero-order valence-corrected chi connectivity index (χ0v) is 13.7. The van der Waals surface area contributed by atoms with Crippen molar-refractivity contribution in [3.63, 3.8) is 0 Å². The van der Waals surface area contributed by atoms with Crippen LogP contribution in [0.3, 0.4) is 0 Å². The number of aliphatic hydroxyl groups is 1. The first kappa shape index (κ1) is 15.8. The summed E-state index contributed by atoms with van der Waals surface area (Å²) >= 11 is 0. The van der Waals surface area contributed by atoms with Crippen molar-refractivity contribution >= 4 is 5.69 Å². The van der Waals surface area contributed by atoms with Crippen LogP contribution in [0.15, 0.2) is 30.3 Å². The van der Waals surface area contributed by atoms with E-state index in [0.717, 1.165) is 45.1 Å². The molecule has 3 rings (SSSR count). The molecule has 22 heavy (non-hydrogen) atoms. The molecule has 0 bridgehead atoms. The number of β-amino-alcohol motifs (C(OH)–C–C–N with tert-alkyl or cyclic N) is 1. The lowest BCUT2D eigenvalue weighted by Crippen LogP contribution is -2.36. The van der Waals surface area contributed by atoms with E-state index in [1.807, 2.05) is 0 Å². The Morgan fingerprint density at radius 2 is 1.73 bits per heavy atom. The van der Waals surface area contributed by atoms with Gasteiger partial charge in [0.25, 0.3) is 0 Å². The number of anilines is 1. The quantitative estimate of drug-likeness (QED) is 0.905. The minimum absolute atomic E-state index is 0.133. The van der Waals surface area contributed by atoms with Gasteiger partial charge in [-0.25, -0.2) is 0 Å². The van der Waals surface area contributed by atoms with E-state index in [0.29, 0.717) is 0 Å². The van der Waals surface area contributed by atoms with Gasteiger partial charge in [-0.3, -0.25) is 4.90 Å². The van der Waals surface area contributed by atoms with Crippen LogP contribution in [0.4, 0.5) is 5.69 Å². The van der Waals surface area contributed by atoms with E-state index in [1.165, 1.54) is 37.8 Å². The molecule has 1 atom stereocenters. The lowest BCUT2D eigenvalue weighted by molar-refractivity contribution is 0.0941. The van der Waals surface area contributed by atoms with Crippen molar-refractivity contribution in [2.45, 2.75) is 44.6 Å². The first-order chi connectivity index (χ1) is 10.8. The van der Waals surface area contributed by atoms with E-state index in [9.17, 15) is 5.11 Å². The van der Waals surface area contributed by atoms with Gasteiger partial charge in [0.15, 0.2) is 0 Å². The lowest BCUT2D eigenvalue weighted by Gasteiger charge is -2.26. The Balaban J connectivity index is 1.45. The van der Waals surface area contributed by atoms with Gasteiger partial charge in [-0.2, -0.15) is 0 Å². The molecule has 1 aliphatic heterocycles. The molecule has 2 fully saturated rings. The minimum Gasteiger partial charge on any atom is -0.392 e. The standard InChI is InChI=1S/C19H30N2O/c22-19(15-17-7-4-5-8-17)16-20-11-6-12-21(14-13-20)18-9-2-1-3-10-18/h1-3,9-10,17,19,22H,4-8,11-16H2. The molecule has 3 heteroatoms. The molecular weight excluding hydrogens is 272 g/mol. The van der Waals surface area contributed by atoms with Gasteiger partial charge >= 0.3 is 0 Å². The Morgan fingerprint density at radius 3 is 2.50 bits per heavy atom. The maximum Gasteiger partial charge on any atom is 0.0669 e. The molecule has 122 valence electrons. The number of rotatable bonds is 5. The van der Waals surface area contributed by atoms with Gasteiger partial charge in [-0.1, -0.05) is 43.9 Å². The topological polar surface area (TPSA) is 26.7 Å². The summed E-state index contributed by atoms with van der Waals surface area (Å²) in [5, 5.41) is 10.4. The maximum absolute atomic E-state index is 10.4. The Morgan fingerprint density at radius 1 is 0.955 bits per heavy atom. The van der Waals surface area contributed by atoms with Crippen molar-refractivity contribution in [1.82, 2.24) is 4.90 Å². The molecule has 3 nitrogen and oxygen atoms in total. The fraction of sp³-hybridized carbons (Fsp3) is 0.684. The SMILES string of the molecule is OC(CC1CCCC1)CN1CCCN(c2ccccc2)CC1. The van der Waals surface area contributed by atoms with Crippen molar-refractivity contribution in [1.29, 1.82) is 0 Å². The average Bonchev–Trinajstić information content (AvgIpc) is 2.93. The van der Waals surface area contributed by atoms with Crippen LogP contribution in [0.1, 0.15) is 38.5 Å². The normalized spacial score (nSPS) is 22.7. The minimum atomic E-state index is -0.133. The summed E-state index contributed by atoms with van der Waals surface area (Å²) in [6, 6.07) is 10.7. The third kappa shape index (κ3) is 4.47. The largest absolute Gasteiger partial charge is 0.392 e. The summed E-state index contributed by atoms with van der Waals surface area (Å²) in [5.74, 6) is 0.780. The van der Waals surface area contributed by atoms with Gasteiger partial charge in [-0.05, 0) is 37.4 Å². The van der Waals surface area contributed by atoms with E-state index in [4.69, 9.17) is 0 Å². The predicted octanol–water partition coefficient (Wildman–Crippen LogP) is 3.14. The van der Waals surface area contributed by atoms with Crippen molar-refractivity contribution in [2.75, 3.05) is 37.6 Å². The van der Waals surface area contributed by atoms with E-state index in [-0.39, 0.29) is 6.10 Å². The lowest BCUT2D eigenvalue weighted by atomic mass is 10.00. The van der Waals surface area contributed by atoms with Crippen LogP contribution in [0.2, 0.25) is 0 Å². The van der Waals surface area contributed by atoms with E-state index >= 15 is 0 Å². The summed E-state index contributed by atoms with van der Waals surface area (Å²) in [4.78, 5) is 4.94. The molecule has 0 spiro atoms. The highest BCUT2D eigenvalue weighted by molar-refractivity contribution is 5.46. The van der Waals surface area contributed by atoms with Crippen LogP contribution < -0.4 is 4.90 Å². The fourth-order valence-corrected chi connectivity index (χ4v) is 4.05. The second-order valence-corrected chi connectivity index (χ2v) is 7.02. The Bertz CT molecular complexity index is 430. The van der Waals surface area contributed by atoms with E-state index < -0.39 is 0 Å². The van der Waals surface area contributed by atoms with Crippen LogP contribution in [0.25, 0.3) is 0 Å². The number of para-hydroxylation sites is 1. The molecule has 1 saturated heterocycles. The first-order valence-electron chi connectivity index (χ1n) is 9.01. The summed E-state index contributed by atoms with van der Waals surface area (Å²) < 4.78 is 0. The maximum atomic E-state index is 10.4. The second-order valence-electron chi connectivity index (χ2n) is 7.02. The van der Waals surface area contributed by atoms with Gasteiger partial charge in [0, 0.05) is 31.9 Å². The number of hydrogen-bond acceptors (Lipinski definition) is 3. The highest BCUT2D eigenvalue weighted by Gasteiger charge is 2.22. The highest BCUT2D eigenvalue weighted by atomic mass is 16.3. The second kappa shape index (κ2) is 7.98. The van der Waals surface area contributed by atoms with Gasteiger partial charge in [0.1, 0.15) is 0 Å². The van der Waals surface area contributed by atoms with Gasteiger partial charge in [0.2, 0.25) is 0 Å². The zero-order valence-electron chi connectivity index (χ0n) is 13.7. The predicted molar refractivity (Wildman–Crippen MR) is 92.3 cm³/mol. The smallest absolute Gasteiger partial charge is 0.0669 e. The van der Waals surface area contributed by atoms with Crippen LogP contribution >= 0.6 is 0 Å². The number of benzene rings is 1. The zero-order chi connectivity index (χ0) is 15.2. The van der Waals surface area contributed by atoms with Crippen molar-refractivity contribution in [3.8, 4) is 0 Å². The van der Waals surface area contributed by atoms with E-state index in [1.54, 1.807) is 0 Å². The number of hydrogen-bond donors (Lipinski definition) is 1. The first-order valence-corrected chi connectivity index (χ1v) is 9.01. The van der Waals surface area contributed by atoms with Crippen molar-refractivity contribution in [2.24, 2.45) is 5.92 Å². The molecule has 0 radical (unpaired) electrons. The van der Waals surface area contributed by atoms with Gasteiger partial charge in [0.05, 0.1) is 6.10 Å². The van der Waals surface area contributed by atoms with Crippen LogP contribution in [-0.4, -0.2) is 48.8 Å². The molecule has 1 saturated carbocycles. The Kier molecular flexibility index (Phi) is 5.74. The highest BCUT2D eigenvalue weighted by Crippen LogP contribution is 2.28. The van der Waals surface area contributed by atoms with E-state index in [2.05, 4.69) is 40.1 Å². The van der Waals surface area contributed by atoms with Gasteiger partial charge < -0.3 is 10.0 Å². The molecule has 0 amide bonds. The number of aliphatic hydroxyl groups excluding tert-OH is 1. The molecule has 2 aliphatic rings.